The average Bonchev–Trinajstić information content (AvgIpc) is 2.35. The minimum absolute atomic E-state index is 0.0593. The van der Waals surface area contributed by atoms with E-state index in [4.69, 9.17) is 4.74 Å². The number of hydrogen-bond acceptors (Lipinski definition) is 2. The van der Waals surface area contributed by atoms with Crippen molar-refractivity contribution < 1.29 is 4.74 Å². The van der Waals surface area contributed by atoms with Gasteiger partial charge in [-0.15, -0.1) is 0 Å². The molecule has 2 heteroatoms. The second kappa shape index (κ2) is 7.38. The maximum atomic E-state index is 5.50. The summed E-state index contributed by atoms with van der Waals surface area (Å²) in [6.07, 6.45) is 9.34. The quantitative estimate of drug-likeness (QED) is 0.733. The van der Waals surface area contributed by atoms with Crippen molar-refractivity contribution in [2.24, 2.45) is 5.92 Å². The van der Waals surface area contributed by atoms with Gasteiger partial charge in [-0.2, -0.15) is 0 Å². The first kappa shape index (κ1) is 15.0. The number of methoxy groups -OCH3 is 1. The summed E-state index contributed by atoms with van der Waals surface area (Å²) >= 11 is 0. The first-order chi connectivity index (χ1) is 8.07. The van der Waals surface area contributed by atoms with Crippen LogP contribution in [-0.4, -0.2) is 25.3 Å². The third-order valence-corrected chi connectivity index (χ3v) is 4.17. The standard InChI is InChI=1S/C15H31NO/c1-5-11-16-14-8-6-7-13(12-14)9-10-15(2,3)17-4/h13-14,16H,5-12H2,1-4H3. The van der Waals surface area contributed by atoms with E-state index in [9.17, 15) is 0 Å². The Labute approximate surface area is 108 Å². The van der Waals surface area contributed by atoms with Gasteiger partial charge in [-0.05, 0) is 58.4 Å². The molecule has 0 aromatic rings. The smallest absolute Gasteiger partial charge is 0.0622 e. The zero-order valence-corrected chi connectivity index (χ0v) is 12.2. The Bertz CT molecular complexity index is 203. The molecule has 0 heterocycles. The molecule has 0 amide bonds. The van der Waals surface area contributed by atoms with Crippen LogP contribution in [0.25, 0.3) is 0 Å². The highest BCUT2D eigenvalue weighted by Gasteiger charge is 2.24. The summed E-state index contributed by atoms with van der Waals surface area (Å²) in [4.78, 5) is 0. The summed E-state index contributed by atoms with van der Waals surface area (Å²) in [5.41, 5.74) is 0.0593. The fraction of sp³-hybridized carbons (Fsp3) is 1.00. The van der Waals surface area contributed by atoms with Crippen molar-refractivity contribution in [1.29, 1.82) is 0 Å². The van der Waals surface area contributed by atoms with Crippen LogP contribution in [0.1, 0.15) is 65.7 Å². The third-order valence-electron chi connectivity index (χ3n) is 4.17. The summed E-state index contributed by atoms with van der Waals surface area (Å²) in [6.45, 7) is 7.82. The third kappa shape index (κ3) is 5.87. The van der Waals surface area contributed by atoms with Crippen LogP contribution in [0.5, 0.6) is 0 Å². The molecule has 2 nitrogen and oxygen atoms in total. The van der Waals surface area contributed by atoms with Crippen molar-refractivity contribution >= 4 is 0 Å². The van der Waals surface area contributed by atoms with Crippen LogP contribution < -0.4 is 5.32 Å². The van der Waals surface area contributed by atoms with E-state index in [1.165, 1.54) is 51.5 Å². The Morgan fingerprint density at radius 2 is 2.06 bits per heavy atom. The summed E-state index contributed by atoms with van der Waals surface area (Å²) in [5.74, 6) is 0.910. The predicted octanol–water partition coefficient (Wildman–Crippen LogP) is 3.75. The number of nitrogens with one attached hydrogen (secondary N) is 1. The molecule has 1 aliphatic rings. The number of ether oxygens (including phenoxy) is 1. The largest absolute Gasteiger partial charge is 0.379 e. The Morgan fingerprint density at radius 3 is 2.71 bits per heavy atom. The molecule has 2 atom stereocenters. The average molecular weight is 241 g/mol. The van der Waals surface area contributed by atoms with E-state index >= 15 is 0 Å². The van der Waals surface area contributed by atoms with Gasteiger partial charge in [0, 0.05) is 13.2 Å². The highest BCUT2D eigenvalue weighted by atomic mass is 16.5. The summed E-state index contributed by atoms with van der Waals surface area (Å²) in [5, 5.41) is 3.68. The first-order valence-corrected chi connectivity index (χ1v) is 7.36. The summed E-state index contributed by atoms with van der Waals surface area (Å²) < 4.78 is 5.50. The molecular weight excluding hydrogens is 210 g/mol. The molecule has 102 valence electrons. The summed E-state index contributed by atoms with van der Waals surface area (Å²) in [6, 6.07) is 0.777. The topological polar surface area (TPSA) is 21.3 Å². The van der Waals surface area contributed by atoms with E-state index in [0.29, 0.717) is 0 Å². The van der Waals surface area contributed by atoms with Crippen LogP contribution in [0.2, 0.25) is 0 Å². The lowest BCUT2D eigenvalue weighted by Gasteiger charge is -2.32. The Kier molecular flexibility index (Phi) is 6.50. The van der Waals surface area contributed by atoms with E-state index in [1.807, 2.05) is 7.11 Å². The van der Waals surface area contributed by atoms with Gasteiger partial charge in [0.15, 0.2) is 0 Å². The molecular formula is C15H31NO. The van der Waals surface area contributed by atoms with Crippen molar-refractivity contribution in [3.8, 4) is 0 Å². The Morgan fingerprint density at radius 1 is 1.29 bits per heavy atom. The van der Waals surface area contributed by atoms with Gasteiger partial charge in [-0.3, -0.25) is 0 Å². The zero-order chi connectivity index (χ0) is 12.7. The van der Waals surface area contributed by atoms with E-state index in [2.05, 4.69) is 26.1 Å². The van der Waals surface area contributed by atoms with Gasteiger partial charge in [0.25, 0.3) is 0 Å². The Hall–Kier alpha value is -0.0800. The molecule has 2 unspecified atom stereocenters. The predicted molar refractivity (Wildman–Crippen MR) is 74.4 cm³/mol. The fourth-order valence-electron chi connectivity index (χ4n) is 2.74. The maximum Gasteiger partial charge on any atom is 0.0622 e. The van der Waals surface area contributed by atoms with Gasteiger partial charge in [0.05, 0.1) is 5.60 Å². The summed E-state index contributed by atoms with van der Waals surface area (Å²) in [7, 11) is 1.83. The highest BCUT2D eigenvalue weighted by molar-refractivity contribution is 4.80. The second-order valence-corrected chi connectivity index (χ2v) is 6.19. The number of hydrogen-bond donors (Lipinski definition) is 1. The maximum absolute atomic E-state index is 5.50. The minimum atomic E-state index is 0.0593. The molecule has 0 bridgehead atoms. The van der Waals surface area contributed by atoms with Crippen LogP contribution in [0, 0.1) is 5.92 Å². The van der Waals surface area contributed by atoms with Crippen LogP contribution in [0.3, 0.4) is 0 Å². The Balaban J connectivity index is 2.24. The molecule has 0 aromatic heterocycles. The molecule has 1 rings (SSSR count). The molecule has 0 spiro atoms. The number of rotatable bonds is 7. The van der Waals surface area contributed by atoms with Crippen LogP contribution in [-0.2, 0) is 4.74 Å². The molecule has 1 saturated carbocycles. The monoisotopic (exact) mass is 241 g/mol. The molecule has 1 N–H and O–H groups in total. The van der Waals surface area contributed by atoms with Crippen LogP contribution >= 0.6 is 0 Å². The minimum Gasteiger partial charge on any atom is -0.379 e. The van der Waals surface area contributed by atoms with Gasteiger partial charge in [-0.25, -0.2) is 0 Å². The van der Waals surface area contributed by atoms with Crippen LogP contribution in [0.15, 0.2) is 0 Å². The molecule has 17 heavy (non-hydrogen) atoms. The molecule has 1 aliphatic carbocycles. The first-order valence-electron chi connectivity index (χ1n) is 7.36. The van der Waals surface area contributed by atoms with Crippen molar-refractivity contribution in [3.05, 3.63) is 0 Å². The fourth-order valence-corrected chi connectivity index (χ4v) is 2.74. The molecule has 0 aliphatic heterocycles. The van der Waals surface area contributed by atoms with Gasteiger partial charge in [-0.1, -0.05) is 19.8 Å². The van der Waals surface area contributed by atoms with Crippen molar-refractivity contribution in [3.63, 3.8) is 0 Å². The molecule has 0 aromatic carbocycles. The lowest BCUT2D eigenvalue weighted by molar-refractivity contribution is 0.00857. The van der Waals surface area contributed by atoms with Gasteiger partial charge in [0.2, 0.25) is 0 Å². The zero-order valence-electron chi connectivity index (χ0n) is 12.2. The molecule has 1 fully saturated rings. The van der Waals surface area contributed by atoms with Gasteiger partial charge >= 0.3 is 0 Å². The van der Waals surface area contributed by atoms with E-state index in [-0.39, 0.29) is 5.60 Å². The van der Waals surface area contributed by atoms with Crippen molar-refractivity contribution in [2.75, 3.05) is 13.7 Å². The molecule has 0 saturated heterocycles. The van der Waals surface area contributed by atoms with Crippen molar-refractivity contribution in [2.45, 2.75) is 77.4 Å². The van der Waals surface area contributed by atoms with Crippen LogP contribution in [0.4, 0.5) is 0 Å². The van der Waals surface area contributed by atoms with Gasteiger partial charge in [0.1, 0.15) is 0 Å². The van der Waals surface area contributed by atoms with E-state index in [1.54, 1.807) is 0 Å². The lowest BCUT2D eigenvalue weighted by Crippen LogP contribution is -2.35. The SMILES string of the molecule is CCCNC1CCCC(CCC(C)(C)OC)C1. The molecule has 0 radical (unpaired) electrons. The van der Waals surface area contributed by atoms with E-state index < -0.39 is 0 Å². The normalized spacial score (nSPS) is 26.1. The second-order valence-electron chi connectivity index (χ2n) is 6.19. The lowest BCUT2D eigenvalue weighted by atomic mass is 9.81. The highest BCUT2D eigenvalue weighted by Crippen LogP contribution is 2.30. The van der Waals surface area contributed by atoms with Crippen molar-refractivity contribution in [1.82, 2.24) is 5.32 Å². The van der Waals surface area contributed by atoms with E-state index in [0.717, 1.165) is 12.0 Å². The van der Waals surface area contributed by atoms with Gasteiger partial charge < -0.3 is 10.1 Å².